The van der Waals surface area contributed by atoms with Crippen LogP contribution in [-0.4, -0.2) is 36.2 Å². The van der Waals surface area contributed by atoms with Gasteiger partial charge in [-0.1, -0.05) is 13.3 Å². The van der Waals surface area contributed by atoms with Crippen LogP contribution in [0.3, 0.4) is 0 Å². The molecule has 1 rings (SSSR count). The lowest BCUT2D eigenvalue weighted by molar-refractivity contribution is -0.137. The maximum Gasteiger partial charge on any atom is 0.303 e. The summed E-state index contributed by atoms with van der Waals surface area (Å²) in [4.78, 5) is 22.2. The molecular weight excluding hydrogens is 258 g/mol. The number of ether oxygens (including phenoxy) is 1. The molecule has 2 unspecified atom stereocenters. The van der Waals surface area contributed by atoms with Crippen LogP contribution in [0, 0.1) is 5.92 Å². The first-order valence-corrected chi connectivity index (χ1v) is 7.72. The molecule has 1 saturated heterocycles. The van der Waals surface area contributed by atoms with E-state index in [1.165, 1.54) is 0 Å². The first-order chi connectivity index (χ1) is 9.61. The highest BCUT2D eigenvalue weighted by Gasteiger charge is 2.16. The monoisotopic (exact) mass is 285 g/mol. The molecule has 2 N–H and O–H groups in total. The lowest BCUT2D eigenvalue weighted by Crippen LogP contribution is -2.26. The highest BCUT2D eigenvalue weighted by Crippen LogP contribution is 2.17. The van der Waals surface area contributed by atoms with Gasteiger partial charge in [-0.15, -0.1) is 0 Å². The molecule has 0 spiro atoms. The van der Waals surface area contributed by atoms with Crippen molar-refractivity contribution in [2.75, 3.05) is 13.2 Å². The summed E-state index contributed by atoms with van der Waals surface area (Å²) in [5.41, 5.74) is 0. The molecule has 2 atom stereocenters. The maximum atomic E-state index is 11.7. The molecule has 1 fully saturated rings. The van der Waals surface area contributed by atoms with Gasteiger partial charge >= 0.3 is 5.97 Å². The average Bonchev–Trinajstić information content (AvgIpc) is 2.93. The number of nitrogens with one attached hydrogen (secondary N) is 1. The second kappa shape index (κ2) is 9.75. The third-order valence-electron chi connectivity index (χ3n) is 3.94. The van der Waals surface area contributed by atoms with Crippen LogP contribution in [-0.2, 0) is 14.3 Å². The number of carbonyl (C=O) groups excluding carboxylic acids is 1. The number of rotatable bonds is 10. The number of hydrogen-bond acceptors (Lipinski definition) is 3. The number of aliphatic carboxylic acids is 1. The molecule has 0 bridgehead atoms. The van der Waals surface area contributed by atoms with Crippen LogP contribution in [0.4, 0.5) is 0 Å². The smallest absolute Gasteiger partial charge is 0.303 e. The van der Waals surface area contributed by atoms with E-state index in [9.17, 15) is 9.59 Å². The fourth-order valence-corrected chi connectivity index (χ4v) is 2.55. The highest BCUT2D eigenvalue weighted by molar-refractivity contribution is 5.75. The van der Waals surface area contributed by atoms with E-state index in [2.05, 4.69) is 12.2 Å². The van der Waals surface area contributed by atoms with Crippen molar-refractivity contribution in [3.8, 4) is 0 Å². The minimum absolute atomic E-state index is 0.0774. The molecule has 0 aromatic carbocycles. The van der Waals surface area contributed by atoms with Gasteiger partial charge in [-0.25, -0.2) is 0 Å². The molecule has 0 radical (unpaired) electrons. The van der Waals surface area contributed by atoms with Gasteiger partial charge in [0.2, 0.25) is 5.91 Å². The Labute approximate surface area is 121 Å². The standard InChI is InChI=1S/C15H27NO4/c1-2-12(5-8-15(18)19)9-10-16-14(17)7-6-13-4-3-11-20-13/h12-13H,2-11H2,1H3,(H,16,17)(H,18,19). The molecule has 1 heterocycles. The van der Waals surface area contributed by atoms with Gasteiger partial charge in [-0.3, -0.25) is 9.59 Å². The zero-order chi connectivity index (χ0) is 14.8. The molecule has 0 aromatic heterocycles. The van der Waals surface area contributed by atoms with Crippen LogP contribution in [0.2, 0.25) is 0 Å². The summed E-state index contributed by atoms with van der Waals surface area (Å²) in [6, 6.07) is 0. The summed E-state index contributed by atoms with van der Waals surface area (Å²) in [5.74, 6) is -0.290. The predicted molar refractivity (Wildman–Crippen MR) is 76.5 cm³/mol. The van der Waals surface area contributed by atoms with Crippen molar-refractivity contribution in [1.82, 2.24) is 5.32 Å². The minimum atomic E-state index is -0.746. The largest absolute Gasteiger partial charge is 0.481 e. The van der Waals surface area contributed by atoms with Gasteiger partial charge in [0.15, 0.2) is 0 Å². The third-order valence-corrected chi connectivity index (χ3v) is 3.94. The fourth-order valence-electron chi connectivity index (χ4n) is 2.55. The highest BCUT2D eigenvalue weighted by atomic mass is 16.5. The van der Waals surface area contributed by atoms with Crippen molar-refractivity contribution >= 4 is 11.9 Å². The normalized spacial score (nSPS) is 19.8. The first-order valence-electron chi connectivity index (χ1n) is 7.72. The molecule has 5 heteroatoms. The zero-order valence-corrected chi connectivity index (χ0v) is 12.4. The Morgan fingerprint density at radius 2 is 2.15 bits per heavy atom. The fraction of sp³-hybridized carbons (Fsp3) is 0.867. The molecule has 0 aliphatic carbocycles. The van der Waals surface area contributed by atoms with Gasteiger partial charge in [0.1, 0.15) is 0 Å². The van der Waals surface area contributed by atoms with E-state index >= 15 is 0 Å². The lowest BCUT2D eigenvalue weighted by Gasteiger charge is -2.14. The topological polar surface area (TPSA) is 75.6 Å². The number of carboxylic acid groups (broad SMARTS) is 1. The Kier molecular flexibility index (Phi) is 8.26. The second-order valence-corrected chi connectivity index (χ2v) is 5.52. The van der Waals surface area contributed by atoms with Crippen LogP contribution < -0.4 is 5.32 Å². The molecule has 116 valence electrons. The van der Waals surface area contributed by atoms with Crippen LogP contribution in [0.1, 0.15) is 58.3 Å². The number of amides is 1. The molecule has 5 nitrogen and oxygen atoms in total. The Hall–Kier alpha value is -1.10. The van der Waals surface area contributed by atoms with E-state index in [-0.39, 0.29) is 18.4 Å². The van der Waals surface area contributed by atoms with Gasteiger partial charge in [0.25, 0.3) is 0 Å². The minimum Gasteiger partial charge on any atom is -0.481 e. The molecule has 1 aliphatic heterocycles. The van der Waals surface area contributed by atoms with Crippen molar-refractivity contribution in [2.45, 2.75) is 64.4 Å². The van der Waals surface area contributed by atoms with E-state index in [0.29, 0.717) is 25.3 Å². The number of hydrogen-bond donors (Lipinski definition) is 2. The maximum absolute atomic E-state index is 11.7. The van der Waals surface area contributed by atoms with Crippen molar-refractivity contribution < 1.29 is 19.4 Å². The molecule has 1 amide bonds. The van der Waals surface area contributed by atoms with E-state index in [1.807, 2.05) is 0 Å². The van der Waals surface area contributed by atoms with E-state index in [0.717, 1.165) is 38.7 Å². The van der Waals surface area contributed by atoms with Crippen LogP contribution in [0.25, 0.3) is 0 Å². The van der Waals surface area contributed by atoms with Gasteiger partial charge in [-0.05, 0) is 38.0 Å². The summed E-state index contributed by atoms with van der Waals surface area (Å²) in [5, 5.41) is 11.6. The van der Waals surface area contributed by atoms with E-state index in [4.69, 9.17) is 9.84 Å². The molecule has 1 aliphatic rings. The molecule has 20 heavy (non-hydrogen) atoms. The summed E-state index contributed by atoms with van der Waals surface area (Å²) < 4.78 is 5.48. The molecular formula is C15H27NO4. The van der Waals surface area contributed by atoms with Crippen molar-refractivity contribution in [3.63, 3.8) is 0 Å². The van der Waals surface area contributed by atoms with Crippen molar-refractivity contribution in [3.05, 3.63) is 0 Å². The lowest BCUT2D eigenvalue weighted by atomic mass is 9.96. The first kappa shape index (κ1) is 17.0. The number of carboxylic acids is 1. The predicted octanol–water partition coefficient (Wildman–Crippen LogP) is 2.34. The van der Waals surface area contributed by atoms with E-state index < -0.39 is 5.97 Å². The van der Waals surface area contributed by atoms with Crippen LogP contribution in [0.15, 0.2) is 0 Å². The summed E-state index contributed by atoms with van der Waals surface area (Å²) in [7, 11) is 0. The van der Waals surface area contributed by atoms with Crippen LogP contribution in [0.5, 0.6) is 0 Å². The SMILES string of the molecule is CCC(CCNC(=O)CCC1CCCO1)CCC(=O)O. The number of carbonyl (C=O) groups is 2. The Bertz CT molecular complexity index is 300. The quantitative estimate of drug-likeness (QED) is 0.646. The summed E-state index contributed by atoms with van der Waals surface area (Å²) in [6.45, 7) is 3.53. The Morgan fingerprint density at radius 1 is 1.35 bits per heavy atom. The zero-order valence-electron chi connectivity index (χ0n) is 12.4. The summed E-state index contributed by atoms with van der Waals surface area (Å²) >= 11 is 0. The summed E-state index contributed by atoms with van der Waals surface area (Å²) in [6.07, 6.45) is 6.49. The molecule has 0 aromatic rings. The second-order valence-electron chi connectivity index (χ2n) is 5.52. The van der Waals surface area contributed by atoms with Gasteiger partial charge < -0.3 is 15.2 Å². The van der Waals surface area contributed by atoms with Crippen molar-refractivity contribution in [1.29, 1.82) is 0 Å². The van der Waals surface area contributed by atoms with Gasteiger partial charge in [0.05, 0.1) is 6.10 Å². The van der Waals surface area contributed by atoms with Gasteiger partial charge in [0, 0.05) is 26.0 Å². The Morgan fingerprint density at radius 3 is 2.75 bits per heavy atom. The van der Waals surface area contributed by atoms with Gasteiger partial charge in [-0.2, -0.15) is 0 Å². The van der Waals surface area contributed by atoms with Crippen molar-refractivity contribution in [2.24, 2.45) is 5.92 Å². The Balaban J connectivity index is 2.05. The average molecular weight is 285 g/mol. The molecule has 0 saturated carbocycles. The third kappa shape index (κ3) is 7.48. The van der Waals surface area contributed by atoms with Crippen LogP contribution >= 0.6 is 0 Å². The van der Waals surface area contributed by atoms with E-state index in [1.54, 1.807) is 0 Å².